The Morgan fingerprint density at radius 2 is 1.68 bits per heavy atom. The lowest BCUT2D eigenvalue weighted by molar-refractivity contribution is -0.173. The highest BCUT2D eigenvalue weighted by molar-refractivity contribution is 5.46. The van der Waals surface area contributed by atoms with Crippen LogP contribution in [0.25, 0.3) is 0 Å². The standard InChI is InChI=1S/C17H24O2/c1-12-7-13(2)15(14(3)8-12)17(10-19-11-17)16(9-18)5-4-6-16/h7-8,18H,4-6,9-11H2,1-3H3. The van der Waals surface area contributed by atoms with Crippen molar-refractivity contribution in [2.75, 3.05) is 19.8 Å². The summed E-state index contributed by atoms with van der Waals surface area (Å²) >= 11 is 0. The largest absolute Gasteiger partial charge is 0.396 e. The number of benzene rings is 1. The molecule has 1 aliphatic carbocycles. The van der Waals surface area contributed by atoms with Crippen LogP contribution in [0.1, 0.15) is 41.5 Å². The van der Waals surface area contributed by atoms with E-state index in [2.05, 4.69) is 32.9 Å². The van der Waals surface area contributed by atoms with Crippen LogP contribution in [0, 0.1) is 26.2 Å². The van der Waals surface area contributed by atoms with Crippen molar-refractivity contribution in [1.82, 2.24) is 0 Å². The molecule has 2 heteroatoms. The lowest BCUT2D eigenvalue weighted by Crippen LogP contribution is -2.63. The van der Waals surface area contributed by atoms with Crippen molar-refractivity contribution < 1.29 is 9.84 Å². The molecule has 0 spiro atoms. The highest BCUT2D eigenvalue weighted by Crippen LogP contribution is 2.59. The van der Waals surface area contributed by atoms with Crippen molar-refractivity contribution in [2.45, 2.75) is 45.4 Å². The third-order valence-electron chi connectivity index (χ3n) is 5.48. The third kappa shape index (κ3) is 1.63. The molecule has 3 rings (SSSR count). The molecular formula is C17H24O2. The van der Waals surface area contributed by atoms with Gasteiger partial charge >= 0.3 is 0 Å². The van der Waals surface area contributed by atoms with E-state index in [0.717, 1.165) is 26.1 Å². The van der Waals surface area contributed by atoms with Crippen LogP contribution in [0.2, 0.25) is 0 Å². The van der Waals surface area contributed by atoms with Crippen LogP contribution >= 0.6 is 0 Å². The fourth-order valence-corrected chi connectivity index (χ4v) is 4.35. The SMILES string of the molecule is Cc1cc(C)c(C2(C3(CO)CCC3)COC2)c(C)c1. The van der Waals surface area contributed by atoms with Crippen molar-refractivity contribution in [1.29, 1.82) is 0 Å². The third-order valence-corrected chi connectivity index (χ3v) is 5.48. The van der Waals surface area contributed by atoms with Crippen molar-refractivity contribution >= 4 is 0 Å². The first-order valence-electron chi connectivity index (χ1n) is 7.32. The van der Waals surface area contributed by atoms with Gasteiger partial charge in [0.1, 0.15) is 0 Å². The van der Waals surface area contributed by atoms with Crippen molar-refractivity contribution in [3.8, 4) is 0 Å². The smallest absolute Gasteiger partial charge is 0.0592 e. The van der Waals surface area contributed by atoms with Gasteiger partial charge in [-0.15, -0.1) is 0 Å². The Hall–Kier alpha value is -0.860. The van der Waals surface area contributed by atoms with Gasteiger partial charge in [0.05, 0.1) is 18.6 Å². The van der Waals surface area contributed by atoms with Crippen LogP contribution in [-0.2, 0) is 10.2 Å². The number of ether oxygens (including phenoxy) is 1. The van der Waals surface area contributed by atoms with Gasteiger partial charge in [-0.25, -0.2) is 0 Å². The van der Waals surface area contributed by atoms with Gasteiger partial charge in [0.15, 0.2) is 0 Å². The minimum absolute atomic E-state index is 0.0574. The summed E-state index contributed by atoms with van der Waals surface area (Å²) in [6, 6.07) is 4.54. The van der Waals surface area contributed by atoms with Crippen LogP contribution in [0.5, 0.6) is 0 Å². The molecule has 19 heavy (non-hydrogen) atoms. The Morgan fingerprint density at radius 3 is 2.00 bits per heavy atom. The van der Waals surface area contributed by atoms with E-state index in [4.69, 9.17) is 4.74 Å². The molecule has 2 fully saturated rings. The van der Waals surface area contributed by atoms with Gasteiger partial charge in [-0.3, -0.25) is 0 Å². The molecule has 1 saturated heterocycles. The first-order valence-corrected chi connectivity index (χ1v) is 7.32. The Labute approximate surface area is 115 Å². The minimum atomic E-state index is 0.0574. The Kier molecular flexibility index (Phi) is 2.99. The fraction of sp³-hybridized carbons (Fsp3) is 0.647. The molecule has 0 bridgehead atoms. The second-order valence-electron chi connectivity index (χ2n) is 6.64. The molecule has 2 aliphatic rings. The van der Waals surface area contributed by atoms with Gasteiger partial charge in [0.2, 0.25) is 0 Å². The molecule has 2 nitrogen and oxygen atoms in total. The molecule has 1 N–H and O–H groups in total. The van der Waals surface area contributed by atoms with Gasteiger partial charge in [0.25, 0.3) is 0 Å². The van der Waals surface area contributed by atoms with E-state index in [0.29, 0.717) is 6.61 Å². The Balaban J connectivity index is 2.13. The Morgan fingerprint density at radius 1 is 1.11 bits per heavy atom. The van der Waals surface area contributed by atoms with Gasteiger partial charge in [-0.05, 0) is 50.3 Å². The normalized spacial score (nSPS) is 23.6. The topological polar surface area (TPSA) is 29.5 Å². The summed E-state index contributed by atoms with van der Waals surface area (Å²) in [5.41, 5.74) is 5.61. The molecule has 0 amide bonds. The number of aliphatic hydroxyl groups is 1. The van der Waals surface area contributed by atoms with Gasteiger partial charge in [0, 0.05) is 12.0 Å². The zero-order chi connectivity index (χ0) is 13.7. The number of aliphatic hydroxyl groups excluding tert-OH is 1. The summed E-state index contributed by atoms with van der Waals surface area (Å²) in [5.74, 6) is 0. The van der Waals surface area contributed by atoms with E-state index in [1.54, 1.807) is 0 Å². The quantitative estimate of drug-likeness (QED) is 0.905. The molecule has 1 aromatic rings. The van der Waals surface area contributed by atoms with Gasteiger partial charge in [-0.1, -0.05) is 24.1 Å². The second kappa shape index (κ2) is 4.32. The summed E-state index contributed by atoms with van der Waals surface area (Å²) < 4.78 is 5.61. The van der Waals surface area contributed by atoms with Crippen LogP contribution in [0.4, 0.5) is 0 Å². The molecule has 104 valence electrons. The van der Waals surface area contributed by atoms with Gasteiger partial charge < -0.3 is 9.84 Å². The molecule has 1 saturated carbocycles. The van der Waals surface area contributed by atoms with Crippen molar-refractivity contribution in [2.24, 2.45) is 5.41 Å². The van der Waals surface area contributed by atoms with Crippen LogP contribution < -0.4 is 0 Å². The average molecular weight is 260 g/mol. The summed E-state index contributed by atoms with van der Waals surface area (Å²) in [7, 11) is 0. The Bertz CT molecular complexity index is 467. The minimum Gasteiger partial charge on any atom is -0.396 e. The highest BCUT2D eigenvalue weighted by atomic mass is 16.5. The maximum absolute atomic E-state index is 9.98. The molecule has 0 unspecified atom stereocenters. The van der Waals surface area contributed by atoms with E-state index in [-0.39, 0.29) is 10.8 Å². The molecular weight excluding hydrogens is 236 g/mol. The monoisotopic (exact) mass is 260 g/mol. The summed E-state index contributed by atoms with van der Waals surface area (Å²) in [6.07, 6.45) is 3.52. The predicted molar refractivity (Wildman–Crippen MR) is 76.5 cm³/mol. The predicted octanol–water partition coefficient (Wildman–Crippen LogP) is 3.04. The zero-order valence-corrected chi connectivity index (χ0v) is 12.3. The molecule has 0 atom stereocenters. The molecule has 1 aromatic carbocycles. The lowest BCUT2D eigenvalue weighted by Gasteiger charge is -2.60. The van der Waals surface area contributed by atoms with E-state index < -0.39 is 0 Å². The van der Waals surface area contributed by atoms with Crippen LogP contribution in [0.3, 0.4) is 0 Å². The second-order valence-corrected chi connectivity index (χ2v) is 6.64. The maximum Gasteiger partial charge on any atom is 0.0592 e. The van der Waals surface area contributed by atoms with E-state index in [9.17, 15) is 5.11 Å². The molecule has 1 aliphatic heterocycles. The zero-order valence-electron chi connectivity index (χ0n) is 12.3. The number of hydrogen-bond donors (Lipinski definition) is 1. The number of aryl methyl sites for hydroxylation is 3. The average Bonchev–Trinajstić information content (AvgIpc) is 2.22. The van der Waals surface area contributed by atoms with Gasteiger partial charge in [-0.2, -0.15) is 0 Å². The summed E-state index contributed by atoms with van der Waals surface area (Å²) in [5, 5.41) is 9.98. The molecule has 1 heterocycles. The first kappa shape index (κ1) is 13.1. The van der Waals surface area contributed by atoms with E-state index in [1.807, 2.05) is 0 Å². The summed E-state index contributed by atoms with van der Waals surface area (Å²) in [6.45, 7) is 8.41. The fourth-order valence-electron chi connectivity index (χ4n) is 4.35. The van der Waals surface area contributed by atoms with Crippen LogP contribution in [0.15, 0.2) is 12.1 Å². The lowest BCUT2D eigenvalue weighted by atomic mass is 9.49. The molecule has 0 aromatic heterocycles. The van der Waals surface area contributed by atoms with E-state index >= 15 is 0 Å². The van der Waals surface area contributed by atoms with E-state index in [1.165, 1.54) is 28.7 Å². The van der Waals surface area contributed by atoms with Crippen molar-refractivity contribution in [3.05, 3.63) is 34.4 Å². The number of rotatable bonds is 3. The highest BCUT2D eigenvalue weighted by Gasteiger charge is 2.60. The first-order chi connectivity index (χ1) is 9.05. The van der Waals surface area contributed by atoms with Crippen LogP contribution in [-0.4, -0.2) is 24.9 Å². The molecule has 0 radical (unpaired) electrons. The summed E-state index contributed by atoms with van der Waals surface area (Å²) in [4.78, 5) is 0. The van der Waals surface area contributed by atoms with Crippen molar-refractivity contribution in [3.63, 3.8) is 0 Å². The number of hydrogen-bond acceptors (Lipinski definition) is 2. The maximum atomic E-state index is 9.98.